The minimum absolute atomic E-state index is 0.261. The molecule has 0 fully saturated rings. The van der Waals surface area contributed by atoms with Crippen molar-refractivity contribution in [2.75, 3.05) is 7.05 Å². The second-order valence-electron chi connectivity index (χ2n) is 5.64. The van der Waals surface area contributed by atoms with E-state index < -0.39 is 0 Å². The molecular weight excluding hydrogens is 321 g/mol. The summed E-state index contributed by atoms with van der Waals surface area (Å²) in [6.45, 7) is 0. The number of halogens is 2. The molecule has 112 valence electrons. The SMILES string of the molecule is CNC(CC1CCCc2ccccc21)c1cc(Cl)sc1Cl. The predicted molar refractivity (Wildman–Crippen MR) is 92.9 cm³/mol. The van der Waals surface area contributed by atoms with Crippen molar-refractivity contribution in [2.45, 2.75) is 37.6 Å². The minimum atomic E-state index is 0.261. The zero-order valence-corrected chi connectivity index (χ0v) is 14.4. The van der Waals surface area contributed by atoms with Crippen LogP contribution >= 0.6 is 34.5 Å². The Hall–Kier alpha value is -0.540. The summed E-state index contributed by atoms with van der Waals surface area (Å²) in [7, 11) is 2.00. The number of aryl methyl sites for hydroxylation is 1. The van der Waals surface area contributed by atoms with Crippen LogP contribution < -0.4 is 5.32 Å². The van der Waals surface area contributed by atoms with Crippen molar-refractivity contribution in [3.63, 3.8) is 0 Å². The predicted octanol–water partition coefficient (Wildman–Crippen LogP) is 5.83. The summed E-state index contributed by atoms with van der Waals surface area (Å²) >= 11 is 13.9. The average molecular weight is 340 g/mol. The molecule has 0 radical (unpaired) electrons. The highest BCUT2D eigenvalue weighted by molar-refractivity contribution is 7.20. The molecule has 1 heterocycles. The molecule has 0 amide bonds. The zero-order valence-electron chi connectivity index (χ0n) is 12.0. The standard InChI is InChI=1S/C17H19Cl2NS/c1-20-15(14-10-16(18)21-17(14)19)9-12-7-4-6-11-5-2-3-8-13(11)12/h2-3,5,8,10,12,15,20H,4,6-7,9H2,1H3. The van der Waals surface area contributed by atoms with Gasteiger partial charge in [-0.25, -0.2) is 0 Å². The van der Waals surface area contributed by atoms with Crippen LogP contribution in [0.25, 0.3) is 0 Å². The van der Waals surface area contributed by atoms with E-state index in [4.69, 9.17) is 23.2 Å². The van der Waals surface area contributed by atoms with E-state index in [2.05, 4.69) is 29.6 Å². The van der Waals surface area contributed by atoms with E-state index >= 15 is 0 Å². The van der Waals surface area contributed by atoms with Gasteiger partial charge in [-0.2, -0.15) is 0 Å². The summed E-state index contributed by atoms with van der Waals surface area (Å²) in [5, 5.41) is 3.41. The first-order valence-corrected chi connectivity index (χ1v) is 8.96. The van der Waals surface area contributed by atoms with Crippen LogP contribution in [-0.2, 0) is 6.42 Å². The van der Waals surface area contributed by atoms with Crippen molar-refractivity contribution in [1.82, 2.24) is 5.32 Å². The van der Waals surface area contributed by atoms with Gasteiger partial charge in [0.2, 0.25) is 0 Å². The molecule has 4 heteroatoms. The maximum atomic E-state index is 6.33. The molecular formula is C17H19Cl2NS. The fourth-order valence-electron chi connectivity index (χ4n) is 3.37. The van der Waals surface area contributed by atoms with Crippen LogP contribution in [-0.4, -0.2) is 7.05 Å². The smallest absolute Gasteiger partial charge is 0.0991 e. The van der Waals surface area contributed by atoms with E-state index in [9.17, 15) is 0 Å². The van der Waals surface area contributed by atoms with Gasteiger partial charge in [0.25, 0.3) is 0 Å². The van der Waals surface area contributed by atoms with Gasteiger partial charge >= 0.3 is 0 Å². The first-order valence-electron chi connectivity index (χ1n) is 7.39. The maximum absolute atomic E-state index is 6.33. The van der Waals surface area contributed by atoms with Crippen LogP contribution in [0.15, 0.2) is 30.3 Å². The molecule has 0 aliphatic heterocycles. The van der Waals surface area contributed by atoms with E-state index in [1.54, 1.807) is 0 Å². The van der Waals surface area contributed by atoms with Crippen molar-refractivity contribution >= 4 is 34.5 Å². The van der Waals surface area contributed by atoms with Crippen molar-refractivity contribution in [2.24, 2.45) is 0 Å². The quantitative estimate of drug-likeness (QED) is 0.739. The molecule has 1 aromatic heterocycles. The number of hydrogen-bond donors (Lipinski definition) is 1. The van der Waals surface area contributed by atoms with E-state index in [1.165, 1.54) is 41.7 Å². The number of rotatable bonds is 4. The molecule has 2 atom stereocenters. The van der Waals surface area contributed by atoms with Crippen LogP contribution in [0.5, 0.6) is 0 Å². The van der Waals surface area contributed by atoms with Gasteiger partial charge in [0.15, 0.2) is 0 Å². The molecule has 0 saturated heterocycles. The molecule has 0 saturated carbocycles. The van der Waals surface area contributed by atoms with Crippen molar-refractivity contribution < 1.29 is 0 Å². The molecule has 1 aliphatic rings. The van der Waals surface area contributed by atoms with E-state index in [-0.39, 0.29) is 6.04 Å². The number of fused-ring (bicyclic) bond motifs is 1. The Balaban J connectivity index is 1.84. The van der Waals surface area contributed by atoms with Gasteiger partial charge < -0.3 is 5.32 Å². The largest absolute Gasteiger partial charge is 0.313 e. The third kappa shape index (κ3) is 3.29. The molecule has 0 bridgehead atoms. The fourth-order valence-corrected chi connectivity index (χ4v) is 4.95. The Bertz CT molecular complexity index is 623. The second kappa shape index (κ2) is 6.70. The minimum Gasteiger partial charge on any atom is -0.313 e. The third-order valence-electron chi connectivity index (χ3n) is 4.42. The van der Waals surface area contributed by atoms with E-state index in [0.717, 1.165) is 20.7 Å². The fraction of sp³-hybridized carbons (Fsp3) is 0.412. The molecule has 1 aromatic carbocycles. The van der Waals surface area contributed by atoms with Gasteiger partial charge in [0, 0.05) is 11.6 Å². The molecule has 3 rings (SSSR count). The van der Waals surface area contributed by atoms with Crippen LogP contribution in [0.1, 0.15) is 47.9 Å². The normalized spacial score (nSPS) is 19.3. The number of nitrogens with one attached hydrogen (secondary N) is 1. The van der Waals surface area contributed by atoms with Gasteiger partial charge in [-0.15, -0.1) is 11.3 Å². The van der Waals surface area contributed by atoms with Crippen molar-refractivity contribution in [3.05, 3.63) is 55.7 Å². The molecule has 1 N–H and O–H groups in total. The third-order valence-corrected chi connectivity index (χ3v) is 5.94. The van der Waals surface area contributed by atoms with E-state index in [0.29, 0.717) is 5.92 Å². The lowest BCUT2D eigenvalue weighted by atomic mass is 9.79. The monoisotopic (exact) mass is 339 g/mol. The van der Waals surface area contributed by atoms with Gasteiger partial charge in [-0.1, -0.05) is 47.5 Å². The van der Waals surface area contributed by atoms with Crippen LogP contribution in [0, 0.1) is 0 Å². The molecule has 2 unspecified atom stereocenters. The summed E-state index contributed by atoms with van der Waals surface area (Å²) in [5.74, 6) is 0.599. The molecule has 21 heavy (non-hydrogen) atoms. The Labute approximate surface area is 140 Å². The summed E-state index contributed by atoms with van der Waals surface area (Å²) in [5.41, 5.74) is 4.16. The van der Waals surface area contributed by atoms with Gasteiger partial charge in [0.1, 0.15) is 0 Å². The van der Waals surface area contributed by atoms with E-state index in [1.807, 2.05) is 13.1 Å². The van der Waals surface area contributed by atoms with Crippen molar-refractivity contribution in [1.29, 1.82) is 0 Å². The highest BCUT2D eigenvalue weighted by Crippen LogP contribution is 2.41. The molecule has 0 spiro atoms. The van der Waals surface area contributed by atoms with Gasteiger partial charge in [0.05, 0.1) is 8.67 Å². The summed E-state index contributed by atoms with van der Waals surface area (Å²) < 4.78 is 1.57. The first kappa shape index (κ1) is 15.4. The Kier molecular flexibility index (Phi) is 4.90. The molecule has 1 aliphatic carbocycles. The van der Waals surface area contributed by atoms with Gasteiger partial charge in [-0.05, 0) is 55.8 Å². The number of hydrogen-bond acceptors (Lipinski definition) is 2. The Morgan fingerprint density at radius 2 is 2.14 bits per heavy atom. The lowest BCUT2D eigenvalue weighted by molar-refractivity contribution is 0.440. The number of benzene rings is 1. The average Bonchev–Trinajstić information content (AvgIpc) is 2.83. The van der Waals surface area contributed by atoms with Crippen LogP contribution in [0.2, 0.25) is 8.67 Å². The van der Waals surface area contributed by atoms with Gasteiger partial charge in [-0.3, -0.25) is 0 Å². The zero-order chi connectivity index (χ0) is 14.8. The number of thiophene rings is 1. The highest BCUT2D eigenvalue weighted by Gasteiger charge is 2.25. The van der Waals surface area contributed by atoms with Crippen molar-refractivity contribution in [3.8, 4) is 0 Å². The maximum Gasteiger partial charge on any atom is 0.0991 e. The molecule has 2 aromatic rings. The van der Waals surface area contributed by atoms with Crippen LogP contribution in [0.4, 0.5) is 0 Å². The Morgan fingerprint density at radius 3 is 2.86 bits per heavy atom. The Morgan fingerprint density at radius 1 is 1.33 bits per heavy atom. The topological polar surface area (TPSA) is 12.0 Å². The molecule has 1 nitrogen and oxygen atoms in total. The summed E-state index contributed by atoms with van der Waals surface area (Å²) in [4.78, 5) is 0. The highest BCUT2D eigenvalue weighted by atomic mass is 35.5. The lowest BCUT2D eigenvalue weighted by Crippen LogP contribution is -2.21. The summed E-state index contributed by atoms with van der Waals surface area (Å²) in [6, 6.07) is 11.1. The second-order valence-corrected chi connectivity index (χ2v) is 7.93. The van der Waals surface area contributed by atoms with Crippen LogP contribution in [0.3, 0.4) is 0 Å². The first-order chi connectivity index (χ1) is 10.2. The lowest BCUT2D eigenvalue weighted by Gasteiger charge is -2.29. The summed E-state index contributed by atoms with van der Waals surface area (Å²) in [6.07, 6.45) is 4.81.